The highest BCUT2D eigenvalue weighted by Gasteiger charge is 2.24. The van der Waals surface area contributed by atoms with Gasteiger partial charge in [-0.05, 0) is 51.0 Å². The molecule has 0 aliphatic carbocycles. The summed E-state index contributed by atoms with van der Waals surface area (Å²) in [5, 5.41) is 15.0. The molecule has 0 radical (unpaired) electrons. The molecule has 0 aromatic carbocycles. The maximum Gasteiger partial charge on any atom is 0.326 e. The van der Waals surface area contributed by atoms with Crippen molar-refractivity contribution in [2.75, 3.05) is 0 Å². The Balaban J connectivity index is 2.14. The quantitative estimate of drug-likeness (QED) is 0.651. The van der Waals surface area contributed by atoms with Gasteiger partial charge in [0, 0.05) is 16.3 Å². The third kappa shape index (κ3) is 2.41. The second kappa shape index (κ2) is 5.65. The lowest BCUT2D eigenvalue weighted by Gasteiger charge is -2.07. The summed E-state index contributed by atoms with van der Waals surface area (Å²) >= 11 is 1.57. The lowest BCUT2D eigenvalue weighted by atomic mass is 10.2. The van der Waals surface area contributed by atoms with Crippen LogP contribution < -0.4 is 10.6 Å². The molecule has 0 saturated carbocycles. The number of imide groups is 1. The summed E-state index contributed by atoms with van der Waals surface area (Å²) in [6.45, 7) is 7.83. The molecule has 7 heteroatoms. The molecule has 6 nitrogen and oxygen atoms in total. The van der Waals surface area contributed by atoms with Crippen molar-refractivity contribution in [3.05, 3.63) is 44.7 Å². The summed E-state index contributed by atoms with van der Waals surface area (Å²) in [4.78, 5) is 24.0. The summed E-state index contributed by atoms with van der Waals surface area (Å²) in [6.07, 6.45) is 1.65. The van der Waals surface area contributed by atoms with Crippen molar-refractivity contribution in [2.24, 2.45) is 0 Å². The first-order valence-electron chi connectivity index (χ1n) is 7.37. The highest BCUT2D eigenvalue weighted by Crippen LogP contribution is 2.33. The van der Waals surface area contributed by atoms with Crippen LogP contribution in [0, 0.1) is 39.0 Å². The molecule has 3 amide bonds. The first-order chi connectivity index (χ1) is 11.3. The molecule has 3 heterocycles. The van der Waals surface area contributed by atoms with Gasteiger partial charge in [0.15, 0.2) is 0 Å². The Hall–Kier alpha value is -2.85. The summed E-state index contributed by atoms with van der Waals surface area (Å²) in [7, 11) is 0. The van der Waals surface area contributed by atoms with Gasteiger partial charge in [-0.1, -0.05) is 0 Å². The number of nitriles is 1. The summed E-state index contributed by atoms with van der Waals surface area (Å²) in [5.74, 6) is -0.440. The lowest BCUT2D eigenvalue weighted by Crippen LogP contribution is -2.22. The molecule has 0 atom stereocenters. The van der Waals surface area contributed by atoms with Crippen LogP contribution in [0.25, 0.3) is 11.1 Å². The van der Waals surface area contributed by atoms with Crippen LogP contribution in [0.15, 0.2) is 11.8 Å². The SMILES string of the molecule is Cc1sc(-n2c(C)cc(/C=C3\NC(=O)NC3=O)c2C)c(C#N)c1C. The van der Waals surface area contributed by atoms with E-state index in [1.807, 2.05) is 38.3 Å². The minimum absolute atomic E-state index is 0.222. The summed E-state index contributed by atoms with van der Waals surface area (Å²) in [6, 6.07) is 3.70. The number of hydrogen-bond acceptors (Lipinski definition) is 4. The van der Waals surface area contributed by atoms with Gasteiger partial charge in [-0.3, -0.25) is 10.1 Å². The van der Waals surface area contributed by atoms with Gasteiger partial charge < -0.3 is 9.88 Å². The minimum atomic E-state index is -0.517. The molecule has 0 spiro atoms. The van der Waals surface area contributed by atoms with Gasteiger partial charge in [-0.15, -0.1) is 11.3 Å². The van der Waals surface area contributed by atoms with Gasteiger partial charge in [0.2, 0.25) is 0 Å². The Kier molecular flexibility index (Phi) is 3.78. The van der Waals surface area contributed by atoms with Crippen molar-refractivity contribution < 1.29 is 9.59 Å². The van der Waals surface area contributed by atoms with E-state index in [0.717, 1.165) is 32.4 Å². The Bertz CT molecular complexity index is 956. The van der Waals surface area contributed by atoms with Crippen LogP contribution >= 0.6 is 11.3 Å². The predicted octanol–water partition coefficient (Wildman–Crippen LogP) is 2.82. The van der Waals surface area contributed by atoms with Crippen LogP contribution in [-0.4, -0.2) is 16.5 Å². The van der Waals surface area contributed by atoms with Crippen LogP contribution in [0.3, 0.4) is 0 Å². The Morgan fingerprint density at radius 2 is 1.92 bits per heavy atom. The van der Waals surface area contributed by atoms with Gasteiger partial charge in [-0.2, -0.15) is 5.26 Å². The number of carbonyl (C=O) groups is 2. The molecule has 2 aromatic rings. The molecular weight excluding hydrogens is 324 g/mol. The zero-order chi connectivity index (χ0) is 17.6. The van der Waals surface area contributed by atoms with Crippen LogP contribution in [-0.2, 0) is 4.79 Å². The highest BCUT2D eigenvalue weighted by molar-refractivity contribution is 7.14. The molecule has 1 saturated heterocycles. The topological polar surface area (TPSA) is 86.9 Å². The largest absolute Gasteiger partial charge is 0.326 e. The molecule has 2 aromatic heterocycles. The number of thiophene rings is 1. The van der Waals surface area contributed by atoms with E-state index in [4.69, 9.17) is 0 Å². The standard InChI is InChI=1S/C17H16N4O2S/c1-8-5-12(6-14-15(22)20-17(23)19-14)10(3)21(8)16-13(7-18)9(2)11(4)24-16/h5-6H,1-4H3,(H2,19,20,22,23)/b14-6-. The molecule has 3 rings (SSSR count). The van der Waals surface area contributed by atoms with E-state index < -0.39 is 11.9 Å². The molecule has 122 valence electrons. The number of hydrogen-bond donors (Lipinski definition) is 2. The van der Waals surface area contributed by atoms with Gasteiger partial charge in [0.1, 0.15) is 16.8 Å². The lowest BCUT2D eigenvalue weighted by molar-refractivity contribution is -0.115. The zero-order valence-corrected chi connectivity index (χ0v) is 14.6. The van der Waals surface area contributed by atoms with Crippen LogP contribution in [0.1, 0.15) is 33.0 Å². The van der Waals surface area contributed by atoms with Crippen molar-refractivity contribution in [2.45, 2.75) is 27.7 Å². The fourth-order valence-electron chi connectivity index (χ4n) is 2.78. The number of carbonyl (C=O) groups excluding carboxylic acids is 2. The van der Waals surface area contributed by atoms with E-state index in [1.165, 1.54) is 0 Å². The molecule has 0 unspecified atom stereocenters. The maximum absolute atomic E-state index is 11.7. The first-order valence-corrected chi connectivity index (χ1v) is 8.18. The second-order valence-electron chi connectivity index (χ2n) is 5.70. The molecular formula is C17H16N4O2S. The van der Waals surface area contributed by atoms with E-state index in [0.29, 0.717) is 5.56 Å². The van der Waals surface area contributed by atoms with Crippen molar-refractivity contribution in [1.29, 1.82) is 5.26 Å². The second-order valence-corrected chi connectivity index (χ2v) is 6.91. The van der Waals surface area contributed by atoms with Crippen LogP contribution in [0.2, 0.25) is 0 Å². The summed E-state index contributed by atoms with van der Waals surface area (Å²) in [5.41, 5.74) is 4.58. The molecule has 1 fully saturated rings. The first kappa shape index (κ1) is 16.0. The number of nitrogens with zero attached hydrogens (tertiary/aromatic N) is 2. The molecule has 0 bridgehead atoms. The monoisotopic (exact) mass is 340 g/mol. The van der Waals surface area contributed by atoms with Gasteiger partial charge in [0.25, 0.3) is 5.91 Å². The zero-order valence-electron chi connectivity index (χ0n) is 13.8. The smallest absolute Gasteiger partial charge is 0.308 e. The predicted molar refractivity (Wildman–Crippen MR) is 92.0 cm³/mol. The molecule has 1 aliphatic rings. The van der Waals surface area contributed by atoms with Crippen molar-refractivity contribution in [3.63, 3.8) is 0 Å². The van der Waals surface area contributed by atoms with Crippen molar-refractivity contribution in [1.82, 2.24) is 15.2 Å². The Morgan fingerprint density at radius 1 is 1.21 bits per heavy atom. The third-order valence-electron chi connectivity index (χ3n) is 4.17. The van der Waals surface area contributed by atoms with E-state index in [1.54, 1.807) is 17.4 Å². The highest BCUT2D eigenvalue weighted by atomic mass is 32.1. The van der Waals surface area contributed by atoms with Gasteiger partial charge in [0.05, 0.1) is 5.56 Å². The number of aromatic nitrogens is 1. The maximum atomic E-state index is 11.7. The van der Waals surface area contributed by atoms with Gasteiger partial charge in [-0.25, -0.2) is 4.79 Å². The molecule has 24 heavy (non-hydrogen) atoms. The fourth-order valence-corrected chi connectivity index (χ4v) is 4.00. The molecule has 1 aliphatic heterocycles. The van der Waals surface area contributed by atoms with Gasteiger partial charge >= 0.3 is 6.03 Å². The Morgan fingerprint density at radius 3 is 2.50 bits per heavy atom. The number of urea groups is 1. The number of aryl methyl sites for hydroxylation is 2. The van der Waals surface area contributed by atoms with Crippen molar-refractivity contribution in [3.8, 4) is 11.1 Å². The van der Waals surface area contributed by atoms with E-state index in [-0.39, 0.29) is 5.70 Å². The van der Waals surface area contributed by atoms with E-state index >= 15 is 0 Å². The van der Waals surface area contributed by atoms with Crippen molar-refractivity contribution >= 4 is 29.4 Å². The normalized spacial score (nSPS) is 15.5. The van der Waals surface area contributed by atoms with Crippen LogP contribution in [0.5, 0.6) is 0 Å². The number of rotatable bonds is 2. The number of amides is 3. The average Bonchev–Trinajstić information content (AvgIpc) is 3.07. The summed E-state index contributed by atoms with van der Waals surface area (Å²) < 4.78 is 2.02. The van der Waals surface area contributed by atoms with E-state index in [2.05, 4.69) is 16.7 Å². The van der Waals surface area contributed by atoms with Crippen LogP contribution in [0.4, 0.5) is 4.79 Å². The molecule has 2 N–H and O–H groups in total. The Labute approximate surface area is 143 Å². The fraction of sp³-hybridized carbons (Fsp3) is 0.235. The number of nitrogens with one attached hydrogen (secondary N) is 2. The minimum Gasteiger partial charge on any atom is -0.308 e. The third-order valence-corrected chi connectivity index (χ3v) is 5.36. The van der Waals surface area contributed by atoms with E-state index in [9.17, 15) is 14.9 Å². The average molecular weight is 340 g/mol.